The van der Waals surface area contributed by atoms with E-state index < -0.39 is 0 Å². The molecule has 3 heteroatoms. The van der Waals surface area contributed by atoms with Crippen LogP contribution in [0.1, 0.15) is 29.3 Å². The van der Waals surface area contributed by atoms with Gasteiger partial charge in [-0.1, -0.05) is 38.1 Å². The monoisotopic (exact) mass is 244 g/mol. The third-order valence-corrected chi connectivity index (χ3v) is 4.08. The van der Waals surface area contributed by atoms with Gasteiger partial charge in [-0.15, -0.1) is 11.3 Å². The fourth-order valence-corrected chi connectivity index (χ4v) is 3.23. The number of aromatic nitrogens is 1. The van der Waals surface area contributed by atoms with Gasteiger partial charge in [0.05, 0.1) is 5.69 Å². The Hall–Kier alpha value is -1.19. The minimum absolute atomic E-state index is 0.515. The zero-order valence-corrected chi connectivity index (χ0v) is 11.0. The molecule has 1 N–H and O–H groups in total. The molecular weight excluding hydrogens is 228 g/mol. The van der Waals surface area contributed by atoms with Crippen molar-refractivity contribution in [1.29, 1.82) is 0 Å². The van der Waals surface area contributed by atoms with Gasteiger partial charge in [0.25, 0.3) is 0 Å². The molecule has 0 amide bonds. The van der Waals surface area contributed by atoms with Gasteiger partial charge in [-0.2, -0.15) is 0 Å². The molecule has 0 unspecified atom stereocenters. The van der Waals surface area contributed by atoms with E-state index in [-0.39, 0.29) is 0 Å². The van der Waals surface area contributed by atoms with E-state index >= 15 is 0 Å². The zero-order valence-electron chi connectivity index (χ0n) is 10.2. The Labute approximate surface area is 106 Å². The molecule has 1 aliphatic carbocycles. The van der Waals surface area contributed by atoms with E-state index in [9.17, 15) is 0 Å². The molecule has 1 aromatic carbocycles. The molecule has 0 bridgehead atoms. The summed E-state index contributed by atoms with van der Waals surface area (Å²) < 4.78 is 0. The van der Waals surface area contributed by atoms with E-state index in [0.29, 0.717) is 6.04 Å². The van der Waals surface area contributed by atoms with Crippen LogP contribution in [0.5, 0.6) is 0 Å². The number of rotatable bonds is 3. The van der Waals surface area contributed by atoms with Gasteiger partial charge in [-0.3, -0.25) is 0 Å². The first-order valence-corrected chi connectivity index (χ1v) is 6.86. The molecule has 1 aliphatic rings. The van der Waals surface area contributed by atoms with E-state index in [2.05, 4.69) is 43.4 Å². The van der Waals surface area contributed by atoms with Crippen molar-refractivity contribution < 1.29 is 0 Å². The SMILES string of the molecule is CC(C)NCc1nc2c(s1)Cc1ccccc1-2. The molecule has 0 atom stereocenters. The number of hydrogen-bond acceptors (Lipinski definition) is 3. The van der Waals surface area contributed by atoms with E-state index in [4.69, 9.17) is 4.98 Å². The van der Waals surface area contributed by atoms with Crippen LogP contribution in [0.25, 0.3) is 11.3 Å². The van der Waals surface area contributed by atoms with Crippen LogP contribution < -0.4 is 5.32 Å². The largest absolute Gasteiger partial charge is 0.308 e. The fraction of sp³-hybridized carbons (Fsp3) is 0.357. The van der Waals surface area contributed by atoms with Crippen molar-refractivity contribution in [3.8, 4) is 11.3 Å². The highest BCUT2D eigenvalue weighted by Gasteiger charge is 2.22. The minimum Gasteiger partial charge on any atom is -0.308 e. The van der Waals surface area contributed by atoms with Gasteiger partial charge >= 0.3 is 0 Å². The lowest BCUT2D eigenvalue weighted by Crippen LogP contribution is -2.21. The lowest BCUT2D eigenvalue weighted by Gasteiger charge is -2.05. The summed E-state index contributed by atoms with van der Waals surface area (Å²) in [6.07, 6.45) is 1.06. The van der Waals surface area contributed by atoms with Crippen molar-refractivity contribution in [2.24, 2.45) is 0 Å². The van der Waals surface area contributed by atoms with Gasteiger partial charge in [0.2, 0.25) is 0 Å². The van der Waals surface area contributed by atoms with E-state index in [0.717, 1.165) is 13.0 Å². The first-order valence-electron chi connectivity index (χ1n) is 6.04. The number of fused-ring (bicyclic) bond motifs is 3. The Morgan fingerprint density at radius 1 is 1.35 bits per heavy atom. The Kier molecular flexibility index (Phi) is 2.73. The molecule has 0 fully saturated rings. The highest BCUT2D eigenvalue weighted by molar-refractivity contribution is 7.12. The summed E-state index contributed by atoms with van der Waals surface area (Å²) >= 11 is 1.85. The first-order chi connectivity index (χ1) is 8.24. The molecule has 17 heavy (non-hydrogen) atoms. The van der Waals surface area contributed by atoms with Crippen molar-refractivity contribution in [1.82, 2.24) is 10.3 Å². The molecule has 88 valence electrons. The molecule has 1 aromatic heterocycles. The predicted molar refractivity (Wildman–Crippen MR) is 72.3 cm³/mol. The van der Waals surface area contributed by atoms with Crippen LogP contribution >= 0.6 is 11.3 Å². The highest BCUT2D eigenvalue weighted by atomic mass is 32.1. The second-order valence-corrected chi connectivity index (χ2v) is 5.92. The smallest absolute Gasteiger partial charge is 0.107 e. The number of nitrogens with one attached hydrogen (secondary N) is 1. The van der Waals surface area contributed by atoms with Gasteiger partial charge in [0, 0.05) is 29.4 Å². The summed E-state index contributed by atoms with van der Waals surface area (Å²) in [6, 6.07) is 9.10. The molecule has 0 saturated carbocycles. The van der Waals surface area contributed by atoms with Crippen LogP contribution in [-0.2, 0) is 13.0 Å². The predicted octanol–water partition coefficient (Wildman–Crippen LogP) is 3.21. The Balaban J connectivity index is 1.88. The van der Waals surface area contributed by atoms with Gasteiger partial charge in [-0.05, 0) is 5.56 Å². The Morgan fingerprint density at radius 2 is 2.18 bits per heavy atom. The van der Waals surface area contributed by atoms with Crippen molar-refractivity contribution in [3.05, 3.63) is 39.7 Å². The maximum Gasteiger partial charge on any atom is 0.107 e. The van der Waals surface area contributed by atoms with Crippen LogP contribution in [0, 0.1) is 0 Å². The van der Waals surface area contributed by atoms with Crippen LogP contribution in [0.2, 0.25) is 0 Å². The first kappa shape index (κ1) is 10.9. The molecular formula is C14H16N2S. The second-order valence-electron chi connectivity index (χ2n) is 4.75. The average molecular weight is 244 g/mol. The van der Waals surface area contributed by atoms with Crippen LogP contribution in [0.15, 0.2) is 24.3 Å². The van der Waals surface area contributed by atoms with Crippen LogP contribution in [0.4, 0.5) is 0 Å². The van der Waals surface area contributed by atoms with E-state index in [1.807, 2.05) is 11.3 Å². The lowest BCUT2D eigenvalue weighted by atomic mass is 10.1. The minimum atomic E-state index is 0.515. The quantitative estimate of drug-likeness (QED) is 0.765. The number of hydrogen-bond donors (Lipinski definition) is 1. The number of benzene rings is 1. The van der Waals surface area contributed by atoms with Gasteiger partial charge in [0.1, 0.15) is 5.01 Å². The van der Waals surface area contributed by atoms with Crippen molar-refractivity contribution in [2.75, 3.05) is 0 Å². The summed E-state index contributed by atoms with van der Waals surface area (Å²) in [5.74, 6) is 0. The standard InChI is InChI=1S/C14H16N2S/c1-9(2)15-8-13-16-14-11-6-4-3-5-10(11)7-12(14)17-13/h3-6,9,15H,7-8H2,1-2H3. The lowest BCUT2D eigenvalue weighted by molar-refractivity contribution is 0.587. The van der Waals surface area contributed by atoms with E-state index in [1.165, 1.54) is 26.7 Å². The molecule has 1 heterocycles. The van der Waals surface area contributed by atoms with E-state index in [1.54, 1.807) is 0 Å². The van der Waals surface area contributed by atoms with Crippen molar-refractivity contribution in [2.45, 2.75) is 32.9 Å². The third kappa shape index (κ3) is 2.01. The third-order valence-electron chi connectivity index (χ3n) is 3.03. The summed E-state index contributed by atoms with van der Waals surface area (Å²) in [4.78, 5) is 6.18. The number of nitrogens with zero attached hydrogens (tertiary/aromatic N) is 1. The summed E-state index contributed by atoms with van der Waals surface area (Å²) in [6.45, 7) is 5.21. The van der Waals surface area contributed by atoms with Crippen LogP contribution in [-0.4, -0.2) is 11.0 Å². The second kappa shape index (κ2) is 4.24. The molecule has 2 aromatic rings. The molecule has 3 rings (SSSR count). The molecule has 0 radical (unpaired) electrons. The molecule has 2 nitrogen and oxygen atoms in total. The Bertz CT molecular complexity index is 543. The van der Waals surface area contributed by atoms with Crippen LogP contribution in [0.3, 0.4) is 0 Å². The highest BCUT2D eigenvalue weighted by Crippen LogP contribution is 2.39. The van der Waals surface area contributed by atoms with Crippen molar-refractivity contribution >= 4 is 11.3 Å². The summed E-state index contributed by atoms with van der Waals surface area (Å²) in [7, 11) is 0. The normalized spacial score (nSPS) is 12.9. The van der Waals surface area contributed by atoms with Gasteiger partial charge in [0.15, 0.2) is 0 Å². The fourth-order valence-electron chi connectivity index (χ4n) is 2.18. The summed E-state index contributed by atoms with van der Waals surface area (Å²) in [5, 5.41) is 4.63. The zero-order chi connectivity index (χ0) is 11.8. The number of thiazole rings is 1. The maximum atomic E-state index is 4.76. The molecule has 0 spiro atoms. The van der Waals surface area contributed by atoms with Gasteiger partial charge < -0.3 is 5.32 Å². The maximum absolute atomic E-state index is 4.76. The Morgan fingerprint density at radius 3 is 3.00 bits per heavy atom. The molecule has 0 aliphatic heterocycles. The average Bonchev–Trinajstić information content (AvgIpc) is 2.83. The van der Waals surface area contributed by atoms with Gasteiger partial charge in [-0.25, -0.2) is 4.98 Å². The topological polar surface area (TPSA) is 24.9 Å². The molecule has 0 saturated heterocycles. The summed E-state index contributed by atoms with van der Waals surface area (Å²) in [5.41, 5.74) is 3.96. The van der Waals surface area contributed by atoms with Crippen molar-refractivity contribution in [3.63, 3.8) is 0 Å².